The molecule has 0 aromatic carbocycles. The highest BCUT2D eigenvalue weighted by atomic mass is 16.5. The number of hydrogen-bond donors (Lipinski definition) is 2. The summed E-state index contributed by atoms with van der Waals surface area (Å²) in [6, 6.07) is 0. The predicted molar refractivity (Wildman–Crippen MR) is 80.3 cm³/mol. The molecular formula is C14H30N2O4. The van der Waals surface area contributed by atoms with Gasteiger partial charge in [0.2, 0.25) is 0 Å². The average molecular weight is 290 g/mol. The van der Waals surface area contributed by atoms with Crippen LogP contribution in [0.1, 0.15) is 0 Å². The predicted octanol–water partition coefficient (Wildman–Crippen LogP) is 0.0478. The van der Waals surface area contributed by atoms with Crippen molar-refractivity contribution in [3.63, 3.8) is 0 Å². The Morgan fingerprint density at radius 3 is 1.50 bits per heavy atom. The summed E-state index contributed by atoms with van der Waals surface area (Å²) in [6.07, 6.45) is 4.21. The van der Waals surface area contributed by atoms with Gasteiger partial charge in [-0.2, -0.15) is 0 Å². The van der Waals surface area contributed by atoms with Crippen molar-refractivity contribution >= 4 is 0 Å². The Morgan fingerprint density at radius 1 is 0.650 bits per heavy atom. The molecule has 0 aromatic heterocycles. The summed E-state index contributed by atoms with van der Waals surface area (Å²) in [5.41, 5.74) is 0. The summed E-state index contributed by atoms with van der Waals surface area (Å²) < 4.78 is 20.4. The van der Waals surface area contributed by atoms with Gasteiger partial charge in [0.15, 0.2) is 0 Å². The first kappa shape index (κ1) is 19.5. The summed E-state index contributed by atoms with van der Waals surface area (Å²) in [5.74, 6) is 0. The molecule has 0 heterocycles. The maximum Gasteiger partial charge on any atom is 0.0700 e. The highest BCUT2D eigenvalue weighted by Crippen LogP contribution is 1.77. The summed E-state index contributed by atoms with van der Waals surface area (Å²) in [4.78, 5) is 0. The van der Waals surface area contributed by atoms with Crippen molar-refractivity contribution in [1.82, 2.24) is 10.6 Å². The molecule has 0 saturated heterocycles. The molecule has 0 fully saturated rings. The Morgan fingerprint density at radius 2 is 1.10 bits per heavy atom. The van der Waals surface area contributed by atoms with Crippen LogP contribution in [0.25, 0.3) is 0 Å². The lowest BCUT2D eigenvalue weighted by Crippen LogP contribution is -2.22. The summed E-state index contributed by atoms with van der Waals surface area (Å²) in [7, 11) is 3.35. The second-order valence-electron chi connectivity index (χ2n) is 4.09. The lowest BCUT2D eigenvalue weighted by Gasteiger charge is -2.04. The molecule has 0 aromatic rings. The van der Waals surface area contributed by atoms with Gasteiger partial charge in [0.1, 0.15) is 0 Å². The summed E-state index contributed by atoms with van der Waals surface area (Å²) in [5, 5.41) is 6.54. The van der Waals surface area contributed by atoms with E-state index >= 15 is 0 Å². The minimum atomic E-state index is 0.654. The molecule has 0 aliphatic carbocycles. The number of hydrogen-bond acceptors (Lipinski definition) is 6. The monoisotopic (exact) mass is 290 g/mol. The largest absolute Gasteiger partial charge is 0.382 e. The second-order valence-corrected chi connectivity index (χ2v) is 4.09. The number of rotatable bonds is 16. The zero-order valence-electron chi connectivity index (χ0n) is 12.9. The topological polar surface area (TPSA) is 61.0 Å². The van der Waals surface area contributed by atoms with E-state index in [1.807, 2.05) is 0 Å². The first-order valence-corrected chi connectivity index (χ1v) is 7.11. The van der Waals surface area contributed by atoms with E-state index in [1.165, 1.54) is 0 Å². The zero-order chi connectivity index (χ0) is 14.7. The van der Waals surface area contributed by atoms with Gasteiger partial charge in [0.05, 0.1) is 39.6 Å². The van der Waals surface area contributed by atoms with Gasteiger partial charge < -0.3 is 29.6 Å². The van der Waals surface area contributed by atoms with Crippen LogP contribution in [0.4, 0.5) is 0 Å². The highest BCUT2D eigenvalue weighted by Gasteiger charge is 1.88. The first-order chi connectivity index (χ1) is 9.91. The molecule has 2 N–H and O–H groups in total. The van der Waals surface area contributed by atoms with E-state index in [0.717, 1.165) is 26.2 Å². The fraction of sp³-hybridized carbons (Fsp3) is 0.857. The number of nitrogens with one attached hydrogen (secondary N) is 2. The molecule has 0 atom stereocenters. The highest BCUT2D eigenvalue weighted by molar-refractivity contribution is 4.85. The minimum Gasteiger partial charge on any atom is -0.382 e. The SMILES string of the molecule is COCCOCCNC/C=C/CNCCOCCOC. The van der Waals surface area contributed by atoms with Crippen molar-refractivity contribution in [2.45, 2.75) is 0 Å². The van der Waals surface area contributed by atoms with Gasteiger partial charge in [-0.15, -0.1) is 0 Å². The third-order valence-electron chi connectivity index (χ3n) is 2.40. The van der Waals surface area contributed by atoms with Crippen LogP contribution in [0.2, 0.25) is 0 Å². The Bertz CT molecular complexity index is 184. The molecule has 120 valence electrons. The molecule has 0 rings (SSSR count). The molecule has 6 nitrogen and oxygen atoms in total. The maximum atomic E-state index is 5.33. The van der Waals surface area contributed by atoms with Crippen LogP contribution in [0, 0.1) is 0 Å². The molecule has 0 spiro atoms. The van der Waals surface area contributed by atoms with Crippen molar-refractivity contribution in [3.8, 4) is 0 Å². The van der Waals surface area contributed by atoms with Crippen molar-refractivity contribution in [2.24, 2.45) is 0 Å². The molecular weight excluding hydrogens is 260 g/mol. The van der Waals surface area contributed by atoms with Gasteiger partial charge in [-0.3, -0.25) is 0 Å². The smallest absolute Gasteiger partial charge is 0.0700 e. The first-order valence-electron chi connectivity index (χ1n) is 7.11. The van der Waals surface area contributed by atoms with Crippen LogP contribution in [-0.4, -0.2) is 80.0 Å². The van der Waals surface area contributed by atoms with E-state index in [0.29, 0.717) is 39.6 Å². The van der Waals surface area contributed by atoms with Crippen LogP contribution in [0.15, 0.2) is 12.2 Å². The lowest BCUT2D eigenvalue weighted by atomic mass is 10.4. The normalized spacial score (nSPS) is 11.5. The zero-order valence-corrected chi connectivity index (χ0v) is 12.9. The van der Waals surface area contributed by atoms with Crippen LogP contribution in [0.3, 0.4) is 0 Å². The molecule has 20 heavy (non-hydrogen) atoms. The molecule has 0 unspecified atom stereocenters. The van der Waals surface area contributed by atoms with Crippen molar-refractivity contribution in [3.05, 3.63) is 12.2 Å². The Balaban J connectivity index is 3.01. The van der Waals surface area contributed by atoms with Crippen molar-refractivity contribution in [2.75, 3.05) is 80.0 Å². The van der Waals surface area contributed by atoms with E-state index in [4.69, 9.17) is 18.9 Å². The van der Waals surface area contributed by atoms with Crippen LogP contribution >= 0.6 is 0 Å². The molecule has 0 aliphatic rings. The Labute approximate surface area is 122 Å². The Kier molecular flexibility index (Phi) is 18.0. The molecule has 0 aliphatic heterocycles. The van der Waals surface area contributed by atoms with Gasteiger partial charge in [-0.25, -0.2) is 0 Å². The van der Waals surface area contributed by atoms with Gasteiger partial charge in [-0.1, -0.05) is 12.2 Å². The average Bonchev–Trinajstić information content (AvgIpc) is 2.47. The van der Waals surface area contributed by atoms with Crippen LogP contribution in [-0.2, 0) is 18.9 Å². The van der Waals surface area contributed by atoms with Crippen LogP contribution in [0.5, 0.6) is 0 Å². The van der Waals surface area contributed by atoms with E-state index in [9.17, 15) is 0 Å². The fourth-order valence-corrected chi connectivity index (χ4v) is 1.31. The van der Waals surface area contributed by atoms with Gasteiger partial charge >= 0.3 is 0 Å². The standard InChI is InChI=1S/C14H30N2O4/c1-17-11-13-19-9-7-15-5-3-4-6-16-8-10-20-14-12-18-2/h3-4,15-16H,5-14H2,1-2H3/b4-3+. The molecule has 6 heteroatoms. The Hall–Kier alpha value is -0.500. The molecule has 0 radical (unpaired) electrons. The second kappa shape index (κ2) is 18.5. The van der Waals surface area contributed by atoms with Gasteiger partial charge in [0, 0.05) is 40.4 Å². The van der Waals surface area contributed by atoms with E-state index in [1.54, 1.807) is 14.2 Å². The third-order valence-corrected chi connectivity index (χ3v) is 2.40. The van der Waals surface area contributed by atoms with Gasteiger partial charge in [0.25, 0.3) is 0 Å². The maximum absolute atomic E-state index is 5.33. The van der Waals surface area contributed by atoms with Crippen LogP contribution < -0.4 is 10.6 Å². The van der Waals surface area contributed by atoms with Crippen molar-refractivity contribution in [1.29, 1.82) is 0 Å². The minimum absolute atomic E-state index is 0.654. The fourth-order valence-electron chi connectivity index (χ4n) is 1.31. The molecule has 0 amide bonds. The van der Waals surface area contributed by atoms with Gasteiger partial charge in [-0.05, 0) is 0 Å². The lowest BCUT2D eigenvalue weighted by molar-refractivity contribution is 0.0722. The molecule has 0 saturated carbocycles. The summed E-state index contributed by atoms with van der Waals surface area (Å²) in [6.45, 7) is 7.49. The molecule has 0 bridgehead atoms. The van der Waals surface area contributed by atoms with E-state index in [2.05, 4.69) is 22.8 Å². The quantitative estimate of drug-likeness (QED) is 0.309. The third kappa shape index (κ3) is 17.5. The van der Waals surface area contributed by atoms with E-state index < -0.39 is 0 Å². The van der Waals surface area contributed by atoms with E-state index in [-0.39, 0.29) is 0 Å². The van der Waals surface area contributed by atoms with Crippen molar-refractivity contribution < 1.29 is 18.9 Å². The number of ether oxygens (including phenoxy) is 4. The summed E-state index contributed by atoms with van der Waals surface area (Å²) >= 11 is 0. The number of methoxy groups -OCH3 is 2.